The molecule has 3 nitrogen and oxygen atoms in total. The van der Waals surface area contributed by atoms with Gasteiger partial charge in [0.25, 0.3) is 0 Å². The molecule has 2 aliphatic carbocycles. The van der Waals surface area contributed by atoms with Gasteiger partial charge < -0.3 is 5.11 Å². The summed E-state index contributed by atoms with van der Waals surface area (Å²) in [4.78, 5) is 23.6. The van der Waals surface area contributed by atoms with Crippen molar-refractivity contribution in [2.45, 2.75) is 33.6 Å². The number of allylic oxidation sites excluding steroid dienone is 3. The van der Waals surface area contributed by atoms with Gasteiger partial charge in [0.1, 0.15) is 0 Å². The zero-order valence-electron chi connectivity index (χ0n) is 11.1. The lowest BCUT2D eigenvalue weighted by Crippen LogP contribution is -2.35. The molecule has 18 heavy (non-hydrogen) atoms. The molecule has 0 aromatic carbocycles. The molecule has 2 rings (SSSR count). The second-order valence-corrected chi connectivity index (χ2v) is 5.84. The lowest BCUT2D eigenvalue weighted by Gasteiger charge is -2.33. The van der Waals surface area contributed by atoms with Gasteiger partial charge in [-0.25, -0.2) is 4.79 Å². The van der Waals surface area contributed by atoms with Crippen LogP contribution in [0.5, 0.6) is 0 Å². The number of rotatable bonds is 3. The summed E-state index contributed by atoms with van der Waals surface area (Å²) in [6.07, 6.45) is 5.30. The Bertz CT molecular complexity index is 443. The molecule has 0 fully saturated rings. The molecular formula is C15H20O3. The van der Waals surface area contributed by atoms with Crippen LogP contribution in [0.2, 0.25) is 0 Å². The van der Waals surface area contributed by atoms with E-state index in [1.165, 1.54) is 0 Å². The Hall–Kier alpha value is -1.38. The van der Waals surface area contributed by atoms with Crippen LogP contribution in [0.25, 0.3) is 0 Å². The van der Waals surface area contributed by atoms with Crippen molar-refractivity contribution in [2.75, 3.05) is 0 Å². The first-order chi connectivity index (χ1) is 8.41. The molecule has 3 atom stereocenters. The van der Waals surface area contributed by atoms with Crippen LogP contribution in [0, 0.1) is 23.7 Å². The molecule has 0 saturated heterocycles. The van der Waals surface area contributed by atoms with Gasteiger partial charge in [-0.1, -0.05) is 26.0 Å². The van der Waals surface area contributed by atoms with Crippen molar-refractivity contribution in [3.8, 4) is 0 Å². The molecule has 2 aliphatic rings. The number of hydrogen-bond acceptors (Lipinski definition) is 2. The first-order valence-electron chi connectivity index (χ1n) is 6.57. The molecule has 0 spiro atoms. The van der Waals surface area contributed by atoms with Crippen molar-refractivity contribution in [3.05, 3.63) is 23.3 Å². The van der Waals surface area contributed by atoms with Crippen molar-refractivity contribution < 1.29 is 14.7 Å². The predicted octanol–water partition coefficient (Wildman–Crippen LogP) is 2.82. The summed E-state index contributed by atoms with van der Waals surface area (Å²) in [5.41, 5.74) is 1.25. The monoisotopic (exact) mass is 248 g/mol. The number of ketones is 1. The minimum atomic E-state index is -0.864. The van der Waals surface area contributed by atoms with Gasteiger partial charge in [0.2, 0.25) is 0 Å². The van der Waals surface area contributed by atoms with E-state index in [0.717, 1.165) is 18.4 Å². The van der Waals surface area contributed by atoms with Crippen LogP contribution >= 0.6 is 0 Å². The number of carboxylic acids is 1. The second kappa shape index (κ2) is 4.71. The molecule has 98 valence electrons. The fourth-order valence-corrected chi connectivity index (χ4v) is 3.31. The smallest absolute Gasteiger partial charge is 0.331 e. The average molecular weight is 248 g/mol. The number of carbonyl (C=O) groups is 2. The van der Waals surface area contributed by atoms with E-state index in [9.17, 15) is 14.7 Å². The van der Waals surface area contributed by atoms with Crippen molar-refractivity contribution in [3.63, 3.8) is 0 Å². The van der Waals surface area contributed by atoms with E-state index >= 15 is 0 Å². The maximum Gasteiger partial charge on any atom is 0.331 e. The van der Waals surface area contributed by atoms with Gasteiger partial charge in [-0.3, -0.25) is 4.79 Å². The highest BCUT2D eigenvalue weighted by Crippen LogP contribution is 2.45. The molecule has 0 aliphatic heterocycles. The molecule has 0 amide bonds. The average Bonchev–Trinajstić information content (AvgIpc) is 2.67. The van der Waals surface area contributed by atoms with Gasteiger partial charge in [-0.15, -0.1) is 0 Å². The normalized spacial score (nSPS) is 31.1. The number of carboxylic acid groups (broad SMARTS) is 1. The van der Waals surface area contributed by atoms with Crippen LogP contribution in [0.4, 0.5) is 0 Å². The Morgan fingerprint density at radius 3 is 2.72 bits per heavy atom. The van der Waals surface area contributed by atoms with Crippen LogP contribution in [0.15, 0.2) is 23.3 Å². The first kappa shape index (κ1) is 13.1. The zero-order chi connectivity index (χ0) is 13.4. The summed E-state index contributed by atoms with van der Waals surface area (Å²) in [6, 6.07) is 0. The third-order valence-electron chi connectivity index (χ3n) is 4.03. The number of fused-ring (bicyclic) bond motifs is 1. The minimum Gasteiger partial charge on any atom is -0.478 e. The largest absolute Gasteiger partial charge is 0.478 e. The minimum absolute atomic E-state index is 0.110. The Morgan fingerprint density at radius 2 is 2.17 bits per heavy atom. The van der Waals surface area contributed by atoms with E-state index in [1.807, 2.05) is 13.0 Å². The fraction of sp³-hybridized carbons (Fsp3) is 0.600. The molecule has 0 saturated carbocycles. The highest BCUT2D eigenvalue weighted by atomic mass is 16.4. The molecule has 3 unspecified atom stereocenters. The van der Waals surface area contributed by atoms with E-state index < -0.39 is 5.97 Å². The van der Waals surface area contributed by atoms with Crippen LogP contribution in [0.1, 0.15) is 33.6 Å². The standard InChI is InChI=1S/C15H20O3/c1-8(2)6-12-13-10(7-9(3)14(12)16)4-5-11(13)15(17)18/h5,7-8,10,12-13H,4,6H2,1-3H3,(H,17,18). The second-order valence-electron chi connectivity index (χ2n) is 5.84. The molecule has 0 bridgehead atoms. The van der Waals surface area contributed by atoms with E-state index in [1.54, 1.807) is 6.08 Å². The number of Topliss-reactive ketones (excluding diaryl/α,β-unsaturated/α-hetero) is 1. The van der Waals surface area contributed by atoms with Gasteiger partial charge in [0.05, 0.1) is 0 Å². The van der Waals surface area contributed by atoms with Gasteiger partial charge in [0, 0.05) is 17.4 Å². The van der Waals surface area contributed by atoms with E-state index in [2.05, 4.69) is 13.8 Å². The summed E-state index contributed by atoms with van der Waals surface area (Å²) < 4.78 is 0. The summed E-state index contributed by atoms with van der Waals surface area (Å²) in [6.45, 7) is 6.01. The van der Waals surface area contributed by atoms with E-state index in [4.69, 9.17) is 0 Å². The Labute approximate surface area is 108 Å². The van der Waals surface area contributed by atoms with Crippen LogP contribution in [-0.2, 0) is 9.59 Å². The van der Waals surface area contributed by atoms with E-state index in [-0.39, 0.29) is 23.5 Å². The zero-order valence-corrected chi connectivity index (χ0v) is 11.1. The fourth-order valence-electron chi connectivity index (χ4n) is 3.31. The summed E-state index contributed by atoms with van der Waals surface area (Å²) in [5, 5.41) is 9.26. The van der Waals surface area contributed by atoms with Crippen molar-refractivity contribution in [2.24, 2.45) is 23.7 Å². The first-order valence-corrected chi connectivity index (χ1v) is 6.57. The molecule has 0 aromatic heterocycles. The summed E-state index contributed by atoms with van der Waals surface area (Å²) in [5.74, 6) is -0.374. The summed E-state index contributed by atoms with van der Waals surface area (Å²) in [7, 11) is 0. The quantitative estimate of drug-likeness (QED) is 0.835. The highest BCUT2D eigenvalue weighted by molar-refractivity contribution is 6.00. The maximum atomic E-state index is 12.3. The third-order valence-corrected chi connectivity index (χ3v) is 4.03. The molecule has 1 N–H and O–H groups in total. The number of carbonyl (C=O) groups excluding carboxylic acids is 1. The molecular weight excluding hydrogens is 228 g/mol. The van der Waals surface area contributed by atoms with E-state index in [0.29, 0.717) is 11.5 Å². The Morgan fingerprint density at radius 1 is 1.50 bits per heavy atom. The van der Waals surface area contributed by atoms with Crippen LogP contribution in [0.3, 0.4) is 0 Å². The molecule has 3 heteroatoms. The van der Waals surface area contributed by atoms with Crippen molar-refractivity contribution in [1.82, 2.24) is 0 Å². The van der Waals surface area contributed by atoms with Crippen LogP contribution in [-0.4, -0.2) is 16.9 Å². The highest BCUT2D eigenvalue weighted by Gasteiger charge is 2.44. The Kier molecular flexibility index (Phi) is 3.42. The topological polar surface area (TPSA) is 54.4 Å². The third kappa shape index (κ3) is 2.14. The van der Waals surface area contributed by atoms with Crippen molar-refractivity contribution in [1.29, 1.82) is 0 Å². The van der Waals surface area contributed by atoms with Gasteiger partial charge in [-0.2, -0.15) is 0 Å². The van der Waals surface area contributed by atoms with Gasteiger partial charge in [0.15, 0.2) is 5.78 Å². The molecule has 0 aromatic rings. The number of hydrogen-bond donors (Lipinski definition) is 1. The maximum absolute atomic E-state index is 12.3. The lowest BCUT2D eigenvalue weighted by molar-refractivity contribution is -0.133. The molecule has 0 heterocycles. The van der Waals surface area contributed by atoms with Gasteiger partial charge >= 0.3 is 5.97 Å². The SMILES string of the molecule is CC1=CC2CC=C(C(=O)O)C2C(CC(C)C)C1=O. The predicted molar refractivity (Wildman–Crippen MR) is 69.0 cm³/mol. The Balaban J connectivity index is 2.35. The lowest BCUT2D eigenvalue weighted by atomic mass is 9.69. The van der Waals surface area contributed by atoms with Gasteiger partial charge in [-0.05, 0) is 37.2 Å². The van der Waals surface area contributed by atoms with Crippen LogP contribution < -0.4 is 0 Å². The summed E-state index contributed by atoms with van der Waals surface area (Å²) >= 11 is 0. The number of aliphatic carboxylic acids is 1. The van der Waals surface area contributed by atoms with Crippen molar-refractivity contribution >= 4 is 11.8 Å². The molecule has 0 radical (unpaired) electrons.